The molecule has 0 bridgehead atoms. The van der Waals surface area contributed by atoms with Gasteiger partial charge < -0.3 is 10.2 Å². The molecule has 2 aliphatic heterocycles. The highest BCUT2D eigenvalue weighted by atomic mass is 15.3. The minimum absolute atomic E-state index is 0.692. The lowest BCUT2D eigenvalue weighted by molar-refractivity contribution is 0.147. The molecule has 0 radical (unpaired) electrons. The zero-order valence-corrected chi connectivity index (χ0v) is 10.5. The summed E-state index contributed by atoms with van der Waals surface area (Å²) in [6, 6.07) is 10.8. The fourth-order valence-electron chi connectivity index (χ4n) is 2.72. The molecule has 2 heterocycles. The number of piperazine rings is 1. The van der Waals surface area contributed by atoms with Crippen LogP contribution in [0.5, 0.6) is 0 Å². The van der Waals surface area contributed by atoms with Crippen LogP contribution < -0.4 is 10.2 Å². The summed E-state index contributed by atoms with van der Waals surface area (Å²) in [6.45, 7) is 6.73. The second-order valence-electron chi connectivity index (χ2n) is 5.01. The molecule has 0 amide bonds. The summed E-state index contributed by atoms with van der Waals surface area (Å²) in [5.74, 6) is 0. The van der Waals surface area contributed by atoms with Crippen LogP contribution in [0.25, 0.3) is 0 Å². The molecule has 2 saturated heterocycles. The van der Waals surface area contributed by atoms with Crippen LogP contribution in [0.1, 0.15) is 5.56 Å². The van der Waals surface area contributed by atoms with Crippen molar-refractivity contribution in [2.24, 2.45) is 0 Å². The van der Waals surface area contributed by atoms with E-state index in [0.717, 1.165) is 44.8 Å². The Bertz CT molecular complexity index is 453. The number of hydrogen-bond donors (Lipinski definition) is 1. The molecule has 0 aromatic heterocycles. The fourth-order valence-corrected chi connectivity index (χ4v) is 2.72. The van der Waals surface area contributed by atoms with Crippen LogP contribution in [0, 0.1) is 11.3 Å². The van der Waals surface area contributed by atoms with Crippen LogP contribution in [0.15, 0.2) is 24.3 Å². The van der Waals surface area contributed by atoms with Gasteiger partial charge in [0.2, 0.25) is 0 Å². The summed E-state index contributed by atoms with van der Waals surface area (Å²) >= 11 is 0. The van der Waals surface area contributed by atoms with Crippen LogP contribution in [-0.4, -0.2) is 50.2 Å². The van der Waals surface area contributed by atoms with Crippen molar-refractivity contribution in [3.05, 3.63) is 29.8 Å². The minimum atomic E-state index is 0.692. The Labute approximate surface area is 108 Å². The Hall–Kier alpha value is -1.57. The third-order valence-electron chi connectivity index (χ3n) is 3.87. The third kappa shape index (κ3) is 2.20. The van der Waals surface area contributed by atoms with Gasteiger partial charge in [-0.3, -0.25) is 4.90 Å². The number of nitrogens with zero attached hydrogens (tertiary/aromatic N) is 3. The van der Waals surface area contributed by atoms with Crippen LogP contribution >= 0.6 is 0 Å². The second kappa shape index (κ2) is 4.97. The van der Waals surface area contributed by atoms with Crippen molar-refractivity contribution in [2.75, 3.05) is 44.2 Å². The number of nitriles is 1. The SMILES string of the molecule is N#Cc1cccc(N2CC(N3CCNCC3)C2)c1. The number of rotatable bonds is 2. The Morgan fingerprint density at radius 2 is 2.00 bits per heavy atom. The predicted octanol–water partition coefficient (Wildman–Crippen LogP) is 0.652. The van der Waals surface area contributed by atoms with Crippen molar-refractivity contribution < 1.29 is 0 Å². The molecule has 0 spiro atoms. The monoisotopic (exact) mass is 242 g/mol. The maximum Gasteiger partial charge on any atom is 0.0992 e. The van der Waals surface area contributed by atoms with Gasteiger partial charge in [-0.2, -0.15) is 5.26 Å². The van der Waals surface area contributed by atoms with Gasteiger partial charge in [0.25, 0.3) is 0 Å². The molecule has 4 heteroatoms. The zero-order chi connectivity index (χ0) is 12.4. The largest absolute Gasteiger partial charge is 0.368 e. The lowest BCUT2D eigenvalue weighted by Crippen LogP contribution is -2.62. The van der Waals surface area contributed by atoms with Crippen LogP contribution in [0.2, 0.25) is 0 Å². The molecule has 18 heavy (non-hydrogen) atoms. The molecular weight excluding hydrogens is 224 g/mol. The lowest BCUT2D eigenvalue weighted by atomic mass is 10.0. The van der Waals surface area contributed by atoms with E-state index < -0.39 is 0 Å². The summed E-state index contributed by atoms with van der Waals surface area (Å²) in [5.41, 5.74) is 1.93. The van der Waals surface area contributed by atoms with Gasteiger partial charge in [0, 0.05) is 51.0 Å². The molecule has 0 atom stereocenters. The molecule has 1 aromatic carbocycles. The quantitative estimate of drug-likeness (QED) is 0.827. The molecular formula is C14H18N4. The molecule has 0 saturated carbocycles. The first-order valence-electron chi connectivity index (χ1n) is 6.57. The highest BCUT2D eigenvalue weighted by Crippen LogP contribution is 2.24. The first-order chi connectivity index (χ1) is 8.86. The van der Waals surface area contributed by atoms with E-state index in [2.05, 4.69) is 27.3 Å². The first kappa shape index (κ1) is 11.5. The van der Waals surface area contributed by atoms with Gasteiger partial charge in [-0.25, -0.2) is 0 Å². The van der Waals surface area contributed by atoms with Gasteiger partial charge in [-0.05, 0) is 18.2 Å². The topological polar surface area (TPSA) is 42.3 Å². The lowest BCUT2D eigenvalue weighted by Gasteiger charge is -2.48. The highest BCUT2D eigenvalue weighted by molar-refractivity contribution is 5.53. The smallest absolute Gasteiger partial charge is 0.0992 e. The molecule has 2 aliphatic rings. The van der Waals surface area contributed by atoms with E-state index in [0.29, 0.717) is 6.04 Å². The molecule has 94 valence electrons. The van der Waals surface area contributed by atoms with Crippen LogP contribution in [0.4, 0.5) is 5.69 Å². The van der Waals surface area contributed by atoms with E-state index in [9.17, 15) is 0 Å². The number of nitrogens with one attached hydrogen (secondary N) is 1. The maximum atomic E-state index is 8.91. The van der Waals surface area contributed by atoms with Gasteiger partial charge >= 0.3 is 0 Å². The van der Waals surface area contributed by atoms with Gasteiger partial charge in [0.15, 0.2) is 0 Å². The Morgan fingerprint density at radius 1 is 1.22 bits per heavy atom. The van der Waals surface area contributed by atoms with Crippen LogP contribution in [0.3, 0.4) is 0 Å². The summed E-state index contributed by atoms with van der Waals surface area (Å²) in [7, 11) is 0. The molecule has 3 rings (SSSR count). The van der Waals surface area contributed by atoms with E-state index in [-0.39, 0.29) is 0 Å². The Kier molecular flexibility index (Phi) is 3.18. The van der Waals surface area contributed by atoms with Gasteiger partial charge in [0.05, 0.1) is 11.6 Å². The summed E-state index contributed by atoms with van der Waals surface area (Å²) in [6.07, 6.45) is 0. The summed E-state index contributed by atoms with van der Waals surface area (Å²) < 4.78 is 0. The normalized spacial score (nSPS) is 21.4. The molecule has 1 N–H and O–H groups in total. The van der Waals surface area contributed by atoms with Crippen molar-refractivity contribution in [2.45, 2.75) is 6.04 Å². The second-order valence-corrected chi connectivity index (χ2v) is 5.01. The van der Waals surface area contributed by atoms with Crippen molar-refractivity contribution >= 4 is 5.69 Å². The van der Waals surface area contributed by atoms with E-state index in [4.69, 9.17) is 5.26 Å². The Balaban J connectivity index is 1.59. The zero-order valence-electron chi connectivity index (χ0n) is 10.5. The van der Waals surface area contributed by atoms with Crippen molar-refractivity contribution in [1.29, 1.82) is 5.26 Å². The van der Waals surface area contributed by atoms with Crippen molar-refractivity contribution in [1.82, 2.24) is 10.2 Å². The average Bonchev–Trinajstić information content (AvgIpc) is 2.39. The molecule has 2 fully saturated rings. The first-order valence-corrected chi connectivity index (χ1v) is 6.57. The molecule has 0 aliphatic carbocycles. The van der Waals surface area contributed by atoms with Gasteiger partial charge in [-0.1, -0.05) is 6.07 Å². The number of benzene rings is 1. The molecule has 4 nitrogen and oxygen atoms in total. The minimum Gasteiger partial charge on any atom is -0.368 e. The summed E-state index contributed by atoms with van der Waals surface area (Å²) in [4.78, 5) is 4.93. The van der Waals surface area contributed by atoms with Crippen molar-refractivity contribution in [3.8, 4) is 6.07 Å². The summed E-state index contributed by atoms with van der Waals surface area (Å²) in [5, 5.41) is 12.3. The molecule has 0 unspecified atom stereocenters. The van der Waals surface area contributed by atoms with Gasteiger partial charge in [-0.15, -0.1) is 0 Å². The Morgan fingerprint density at radius 3 is 2.72 bits per heavy atom. The van der Waals surface area contributed by atoms with E-state index in [1.165, 1.54) is 5.69 Å². The van der Waals surface area contributed by atoms with E-state index in [1.54, 1.807) is 0 Å². The number of hydrogen-bond acceptors (Lipinski definition) is 4. The standard InChI is InChI=1S/C14H18N4/c15-9-12-2-1-3-13(8-12)18-10-14(11-18)17-6-4-16-5-7-17/h1-3,8,14,16H,4-7,10-11H2. The van der Waals surface area contributed by atoms with E-state index in [1.807, 2.05) is 18.2 Å². The maximum absolute atomic E-state index is 8.91. The van der Waals surface area contributed by atoms with Crippen molar-refractivity contribution in [3.63, 3.8) is 0 Å². The van der Waals surface area contributed by atoms with Crippen LogP contribution in [-0.2, 0) is 0 Å². The average molecular weight is 242 g/mol. The fraction of sp³-hybridized carbons (Fsp3) is 0.500. The highest BCUT2D eigenvalue weighted by Gasteiger charge is 2.32. The molecule has 1 aromatic rings. The van der Waals surface area contributed by atoms with E-state index >= 15 is 0 Å². The predicted molar refractivity (Wildman–Crippen MR) is 71.6 cm³/mol. The van der Waals surface area contributed by atoms with Gasteiger partial charge in [0.1, 0.15) is 0 Å². The number of anilines is 1. The third-order valence-corrected chi connectivity index (χ3v) is 3.87.